The maximum atomic E-state index is 9.85. The highest BCUT2D eigenvalue weighted by Gasteiger charge is 2.17. The Kier molecular flexibility index (Phi) is 16.4. The Hall–Kier alpha value is -8.10. The predicted molar refractivity (Wildman–Crippen MR) is 234 cm³/mol. The van der Waals surface area contributed by atoms with Crippen LogP contribution < -0.4 is 72.3 Å². The monoisotopic (exact) mass is 855 g/mol. The molecule has 62 heavy (non-hydrogen) atoms. The van der Waals surface area contributed by atoms with E-state index >= 15 is 0 Å². The second kappa shape index (κ2) is 21.8. The molecule has 0 bridgehead atoms. The average Bonchev–Trinajstić information content (AvgIpc) is 3.26. The molecule has 13 N–H and O–H groups in total. The van der Waals surface area contributed by atoms with Crippen molar-refractivity contribution >= 4 is 35.3 Å². The molecule has 0 spiro atoms. The lowest BCUT2D eigenvalue weighted by Crippen LogP contribution is -2.04. The Morgan fingerprint density at radius 1 is 0.387 bits per heavy atom. The van der Waals surface area contributed by atoms with Gasteiger partial charge < -0.3 is 77.4 Å². The van der Waals surface area contributed by atoms with Gasteiger partial charge in [-0.25, -0.2) is 15.0 Å². The fourth-order valence-electron chi connectivity index (χ4n) is 5.90. The van der Waals surface area contributed by atoms with E-state index in [9.17, 15) is 5.11 Å². The summed E-state index contributed by atoms with van der Waals surface area (Å²) in [5.74, 6) is 5.52. The Bertz CT molecular complexity index is 2270. The number of methoxy groups -OCH3 is 8. The summed E-state index contributed by atoms with van der Waals surface area (Å²) < 4.78 is 42.1. The van der Waals surface area contributed by atoms with Crippen LogP contribution in [0.25, 0.3) is 0 Å². The number of aromatic hydroxyl groups is 1. The van der Waals surface area contributed by atoms with Crippen molar-refractivity contribution in [3.63, 3.8) is 0 Å². The van der Waals surface area contributed by atoms with E-state index in [0.29, 0.717) is 82.7 Å². The molecule has 0 atom stereocenters. The van der Waals surface area contributed by atoms with Crippen LogP contribution >= 0.6 is 0 Å². The van der Waals surface area contributed by atoms with Gasteiger partial charge in [0.15, 0.2) is 34.5 Å². The molecule has 0 amide bonds. The highest BCUT2D eigenvalue weighted by molar-refractivity contribution is 5.57. The van der Waals surface area contributed by atoms with Gasteiger partial charge in [-0.2, -0.15) is 15.0 Å². The fourth-order valence-corrected chi connectivity index (χ4v) is 5.90. The van der Waals surface area contributed by atoms with E-state index in [0.717, 1.165) is 33.4 Å². The summed E-state index contributed by atoms with van der Waals surface area (Å²) in [6.07, 6.45) is 6.33. The normalized spacial score (nSPS) is 10.3. The fraction of sp³-hybridized carbons (Fsp3) is 0.268. The van der Waals surface area contributed by atoms with Crippen molar-refractivity contribution in [1.29, 1.82) is 0 Å². The third-order valence-corrected chi connectivity index (χ3v) is 8.92. The SMILES string of the molecule is COc1cc(Cc2cnc(N)nc2N)cc(OC)c1O.COc1cc(Cc2cnc(N)nc2N)cc(OC)c1OC.COc1cc(Cc2cnc(N)nc2N)cc(OC)c1O[11CH3]. The molecule has 21 nitrogen and oxygen atoms in total. The molecule has 21 heteroatoms. The number of nitrogens with two attached hydrogens (primary N) is 6. The van der Waals surface area contributed by atoms with Crippen molar-refractivity contribution in [3.8, 4) is 51.7 Å². The van der Waals surface area contributed by atoms with Gasteiger partial charge in [-0.1, -0.05) is 0 Å². The van der Waals surface area contributed by atoms with Crippen molar-refractivity contribution < 1.29 is 43.0 Å². The van der Waals surface area contributed by atoms with Gasteiger partial charge in [0.05, 0.1) is 56.9 Å². The number of nitrogen functional groups attached to an aromatic ring is 6. The minimum atomic E-state index is -0.0414. The Morgan fingerprint density at radius 3 is 0.839 bits per heavy atom. The van der Waals surface area contributed by atoms with Gasteiger partial charge in [-0.3, -0.25) is 0 Å². The predicted octanol–water partition coefficient (Wildman–Crippen LogP) is 3.47. The minimum absolute atomic E-state index is 0.0414. The van der Waals surface area contributed by atoms with Crippen LogP contribution in [0.2, 0.25) is 0 Å². The van der Waals surface area contributed by atoms with Crippen LogP contribution in [0.5, 0.6) is 51.7 Å². The molecule has 3 heterocycles. The number of aromatic nitrogens is 6. The van der Waals surface area contributed by atoms with Gasteiger partial charge in [0.25, 0.3) is 0 Å². The summed E-state index contributed by atoms with van der Waals surface area (Å²) >= 11 is 0. The number of phenolic OH excluding ortho intramolecular Hbond substituents is 1. The topological polar surface area (TPSA) is 328 Å². The Labute approximate surface area is 358 Å². The largest absolute Gasteiger partial charge is 0.502 e. The first-order valence-corrected chi connectivity index (χ1v) is 18.3. The standard InChI is InChI=1S/2C14H18N4O3.C13H16N4O3/c2*1-19-10-5-8(6-11(20-2)12(10)21-3)4-9-7-17-14(16)18-13(9)15;1-19-9-4-7(5-10(20-2)11(9)18)3-8-6-16-13(15)17-12(8)14/h2*5-7H,4H2,1-3H3,(H4,15,16,17,18);4-6,18H,3H2,1-2H3,(H4,14,15,16,17)/i3-1;;. The molecule has 0 aliphatic heterocycles. The lowest BCUT2D eigenvalue weighted by Gasteiger charge is -2.14. The Balaban J connectivity index is 0.000000205. The first kappa shape index (κ1) is 46.6. The number of rotatable bonds is 14. The Morgan fingerprint density at radius 2 is 0.629 bits per heavy atom. The summed E-state index contributed by atoms with van der Waals surface area (Å²) in [6, 6.07) is 10.8. The van der Waals surface area contributed by atoms with Gasteiger partial charge in [0.1, 0.15) is 17.5 Å². The van der Waals surface area contributed by atoms with E-state index in [1.807, 2.05) is 24.3 Å². The van der Waals surface area contributed by atoms with Crippen molar-refractivity contribution in [2.24, 2.45) is 0 Å². The van der Waals surface area contributed by atoms with Crippen LogP contribution in [-0.2, 0) is 19.3 Å². The number of hydrogen-bond donors (Lipinski definition) is 7. The summed E-state index contributed by atoms with van der Waals surface area (Å²) in [5.41, 5.74) is 38.9. The van der Waals surface area contributed by atoms with Crippen LogP contribution in [0.15, 0.2) is 55.0 Å². The zero-order valence-corrected chi connectivity index (χ0v) is 35.7. The molecule has 0 saturated heterocycles. The highest BCUT2D eigenvalue weighted by Crippen LogP contribution is 2.41. The van der Waals surface area contributed by atoms with Crippen LogP contribution in [0.1, 0.15) is 33.4 Å². The minimum Gasteiger partial charge on any atom is -0.502 e. The summed E-state index contributed by atoms with van der Waals surface area (Å²) in [6.45, 7) is 0. The van der Waals surface area contributed by atoms with Crippen LogP contribution in [0.4, 0.5) is 35.3 Å². The van der Waals surface area contributed by atoms with E-state index in [2.05, 4.69) is 29.9 Å². The molecule has 0 fully saturated rings. The molecule has 0 aliphatic carbocycles. The smallest absolute Gasteiger partial charge is 0.221 e. The third-order valence-electron chi connectivity index (χ3n) is 8.92. The second-order valence-corrected chi connectivity index (χ2v) is 12.9. The summed E-state index contributed by atoms with van der Waals surface area (Å²) in [7, 11) is 12.3. The van der Waals surface area contributed by atoms with Crippen LogP contribution in [-0.4, -0.2) is 91.9 Å². The number of ether oxygens (including phenoxy) is 8. The molecule has 0 aliphatic rings. The number of hydrogen-bond acceptors (Lipinski definition) is 21. The van der Waals surface area contributed by atoms with Crippen molar-refractivity contribution in [3.05, 3.63) is 88.4 Å². The second-order valence-electron chi connectivity index (χ2n) is 12.9. The number of benzene rings is 3. The van der Waals surface area contributed by atoms with E-state index < -0.39 is 0 Å². The number of nitrogens with zero attached hydrogens (tertiary/aromatic N) is 6. The molecule has 0 unspecified atom stereocenters. The average molecular weight is 856 g/mol. The maximum absolute atomic E-state index is 9.85. The van der Waals surface area contributed by atoms with E-state index in [1.165, 1.54) is 14.2 Å². The summed E-state index contributed by atoms with van der Waals surface area (Å²) in [4.78, 5) is 23.6. The number of anilines is 6. The lowest BCUT2D eigenvalue weighted by atomic mass is 10.1. The van der Waals surface area contributed by atoms with Gasteiger partial charge in [-0.15, -0.1) is 0 Å². The third kappa shape index (κ3) is 11.8. The highest BCUT2D eigenvalue weighted by atomic mass is 16.5. The molecule has 0 radical (unpaired) electrons. The van der Waals surface area contributed by atoms with E-state index in [1.54, 1.807) is 73.4 Å². The molecule has 330 valence electrons. The quantitative estimate of drug-likeness (QED) is 0.0824. The molecule has 3 aromatic carbocycles. The first-order chi connectivity index (χ1) is 29.7. The van der Waals surface area contributed by atoms with Gasteiger partial charge in [0.2, 0.25) is 35.1 Å². The molecule has 3 aromatic heterocycles. The van der Waals surface area contributed by atoms with Gasteiger partial charge in [0, 0.05) is 54.5 Å². The zero-order valence-electron chi connectivity index (χ0n) is 35.7. The van der Waals surface area contributed by atoms with Gasteiger partial charge >= 0.3 is 0 Å². The van der Waals surface area contributed by atoms with Crippen LogP contribution in [0.3, 0.4) is 0 Å². The van der Waals surface area contributed by atoms with Crippen molar-refractivity contribution in [1.82, 2.24) is 29.9 Å². The van der Waals surface area contributed by atoms with E-state index in [4.69, 9.17) is 72.3 Å². The number of phenols is 1. The van der Waals surface area contributed by atoms with E-state index in [-0.39, 0.29) is 23.6 Å². The van der Waals surface area contributed by atoms with Gasteiger partial charge in [-0.05, 0) is 53.1 Å². The molecule has 6 rings (SSSR count). The summed E-state index contributed by atoms with van der Waals surface area (Å²) in [5, 5.41) is 9.85. The zero-order chi connectivity index (χ0) is 45.5. The molecular formula is C41H52N12O9. The molecular weight excluding hydrogens is 804 g/mol. The van der Waals surface area contributed by atoms with Crippen molar-refractivity contribution in [2.45, 2.75) is 19.3 Å². The van der Waals surface area contributed by atoms with Crippen LogP contribution in [0, 0.1) is 0 Å². The molecule has 0 saturated carbocycles. The molecule has 6 aromatic rings. The lowest BCUT2D eigenvalue weighted by molar-refractivity contribution is 0.324. The first-order valence-electron chi connectivity index (χ1n) is 18.3. The maximum Gasteiger partial charge on any atom is 0.221 e. The van der Waals surface area contributed by atoms with Crippen molar-refractivity contribution in [2.75, 3.05) is 91.3 Å².